The maximum Gasteiger partial charge on any atom is 0.226 e. The van der Waals surface area contributed by atoms with Crippen molar-refractivity contribution in [1.82, 2.24) is 25.1 Å². The summed E-state index contributed by atoms with van der Waals surface area (Å²) in [5, 5.41) is 17.1. The average Bonchev–Trinajstić information content (AvgIpc) is 3.10. The molecule has 0 bridgehead atoms. The van der Waals surface area contributed by atoms with Crippen LogP contribution in [0.15, 0.2) is 30.7 Å². The molecule has 0 radical (unpaired) electrons. The smallest absolute Gasteiger partial charge is 0.226 e. The number of hydrogen-bond acceptors (Lipinski definition) is 6. The highest BCUT2D eigenvalue weighted by atomic mass is 16.5. The zero-order chi connectivity index (χ0) is 20.9. The van der Waals surface area contributed by atoms with E-state index in [1.807, 2.05) is 30.1 Å². The SMILES string of the molecule is Cc1cc(Cn2cc3c(CC(=O)NCCCO)nccc3n2)cnc1OC1CCC1. The van der Waals surface area contributed by atoms with Crippen molar-refractivity contribution >= 4 is 16.8 Å². The Kier molecular flexibility index (Phi) is 6.23. The molecule has 0 saturated heterocycles. The minimum atomic E-state index is -0.113. The molecule has 0 aliphatic heterocycles. The van der Waals surface area contributed by atoms with Gasteiger partial charge in [-0.2, -0.15) is 5.10 Å². The lowest BCUT2D eigenvalue weighted by Gasteiger charge is -2.26. The van der Waals surface area contributed by atoms with Crippen LogP contribution in [0.1, 0.15) is 42.5 Å². The van der Waals surface area contributed by atoms with Gasteiger partial charge >= 0.3 is 0 Å². The highest BCUT2D eigenvalue weighted by Crippen LogP contribution is 2.26. The number of aliphatic hydroxyl groups excluding tert-OH is 1. The fourth-order valence-corrected chi connectivity index (χ4v) is 3.46. The molecule has 2 N–H and O–H groups in total. The largest absolute Gasteiger partial charge is 0.474 e. The Morgan fingerprint density at radius 3 is 2.97 bits per heavy atom. The van der Waals surface area contributed by atoms with Gasteiger partial charge in [0.1, 0.15) is 6.10 Å². The zero-order valence-electron chi connectivity index (χ0n) is 17.2. The number of nitrogens with zero attached hydrogens (tertiary/aromatic N) is 4. The van der Waals surface area contributed by atoms with E-state index in [-0.39, 0.29) is 18.9 Å². The molecule has 3 aromatic heterocycles. The molecule has 0 atom stereocenters. The minimum absolute atomic E-state index is 0.0584. The van der Waals surface area contributed by atoms with Gasteiger partial charge in [-0.1, -0.05) is 0 Å². The first kappa shape index (κ1) is 20.3. The zero-order valence-corrected chi connectivity index (χ0v) is 17.2. The normalized spacial score (nSPS) is 13.9. The summed E-state index contributed by atoms with van der Waals surface area (Å²) in [5.74, 6) is 0.603. The second kappa shape index (κ2) is 9.21. The van der Waals surface area contributed by atoms with E-state index in [2.05, 4.69) is 26.4 Å². The molecular weight excluding hydrogens is 382 g/mol. The van der Waals surface area contributed by atoms with Gasteiger partial charge in [-0.3, -0.25) is 14.5 Å². The standard InChI is InChI=1S/C22H27N5O3/c1-15-10-16(12-25-22(15)30-17-4-2-5-17)13-27-14-18-19(26-27)6-8-23-20(18)11-21(29)24-7-3-9-28/h6,8,10,12,14,17,28H,2-5,7,9,11,13H2,1H3,(H,24,29). The highest BCUT2D eigenvalue weighted by Gasteiger charge is 2.20. The number of carbonyl (C=O) groups excluding carboxylic acids is 1. The summed E-state index contributed by atoms with van der Waals surface area (Å²) in [6.07, 6.45) is 9.92. The number of nitrogens with one attached hydrogen (secondary N) is 1. The first-order valence-electron chi connectivity index (χ1n) is 10.4. The lowest BCUT2D eigenvalue weighted by molar-refractivity contribution is -0.120. The number of aliphatic hydroxyl groups is 1. The summed E-state index contributed by atoms with van der Waals surface area (Å²) in [6.45, 7) is 3.11. The maximum atomic E-state index is 12.1. The van der Waals surface area contributed by atoms with E-state index in [0.717, 1.165) is 34.9 Å². The van der Waals surface area contributed by atoms with E-state index in [4.69, 9.17) is 9.84 Å². The third-order valence-corrected chi connectivity index (χ3v) is 5.31. The summed E-state index contributed by atoms with van der Waals surface area (Å²) < 4.78 is 7.78. The monoisotopic (exact) mass is 409 g/mol. The summed E-state index contributed by atoms with van der Waals surface area (Å²) in [6, 6.07) is 3.93. The molecule has 0 unspecified atom stereocenters. The van der Waals surface area contributed by atoms with Crippen molar-refractivity contribution in [2.75, 3.05) is 13.2 Å². The Labute approximate surface area is 175 Å². The summed E-state index contributed by atoms with van der Waals surface area (Å²) in [7, 11) is 0. The molecule has 30 heavy (non-hydrogen) atoms. The molecule has 0 spiro atoms. The van der Waals surface area contributed by atoms with Crippen LogP contribution in [0.4, 0.5) is 0 Å². The Balaban J connectivity index is 1.46. The van der Waals surface area contributed by atoms with Gasteiger partial charge in [0.2, 0.25) is 11.8 Å². The summed E-state index contributed by atoms with van der Waals surface area (Å²) in [5.41, 5.74) is 3.56. The third-order valence-electron chi connectivity index (χ3n) is 5.31. The van der Waals surface area contributed by atoms with Crippen molar-refractivity contribution in [1.29, 1.82) is 0 Å². The molecule has 1 amide bonds. The Morgan fingerprint density at radius 1 is 1.37 bits per heavy atom. The first-order chi connectivity index (χ1) is 14.6. The molecule has 1 aliphatic rings. The topological polar surface area (TPSA) is 102 Å². The van der Waals surface area contributed by atoms with Gasteiger partial charge in [0.05, 0.1) is 24.2 Å². The number of hydrogen-bond donors (Lipinski definition) is 2. The van der Waals surface area contributed by atoms with Crippen LogP contribution < -0.4 is 10.1 Å². The molecule has 0 aromatic carbocycles. The molecule has 3 aromatic rings. The van der Waals surface area contributed by atoms with Gasteiger partial charge in [-0.25, -0.2) is 4.98 Å². The fraction of sp³-hybridized carbons (Fsp3) is 0.455. The first-order valence-corrected chi connectivity index (χ1v) is 10.4. The van der Waals surface area contributed by atoms with Crippen LogP contribution in [-0.2, 0) is 17.8 Å². The van der Waals surface area contributed by atoms with Crippen LogP contribution in [0, 0.1) is 6.92 Å². The van der Waals surface area contributed by atoms with Gasteiger partial charge in [0.15, 0.2) is 0 Å². The van der Waals surface area contributed by atoms with E-state index < -0.39 is 0 Å². The number of rotatable bonds is 9. The summed E-state index contributed by atoms with van der Waals surface area (Å²) in [4.78, 5) is 21.0. The van der Waals surface area contributed by atoms with E-state index in [0.29, 0.717) is 37.2 Å². The molecule has 158 valence electrons. The van der Waals surface area contributed by atoms with Gasteiger partial charge < -0.3 is 15.2 Å². The maximum absolute atomic E-state index is 12.1. The second-order valence-corrected chi connectivity index (χ2v) is 7.76. The van der Waals surface area contributed by atoms with Crippen LogP contribution in [-0.4, -0.2) is 50.0 Å². The number of amides is 1. The number of ether oxygens (including phenoxy) is 1. The van der Waals surface area contributed by atoms with Crippen molar-refractivity contribution in [3.05, 3.63) is 47.5 Å². The molecule has 3 heterocycles. The van der Waals surface area contributed by atoms with Crippen LogP contribution in [0.2, 0.25) is 0 Å². The second-order valence-electron chi connectivity index (χ2n) is 7.76. The molecule has 1 aliphatic carbocycles. The van der Waals surface area contributed by atoms with Crippen molar-refractivity contribution in [2.45, 2.75) is 51.7 Å². The van der Waals surface area contributed by atoms with Crippen LogP contribution >= 0.6 is 0 Å². The van der Waals surface area contributed by atoms with Crippen LogP contribution in [0.3, 0.4) is 0 Å². The lowest BCUT2D eigenvalue weighted by atomic mass is 9.96. The summed E-state index contributed by atoms with van der Waals surface area (Å²) >= 11 is 0. The van der Waals surface area contributed by atoms with Crippen molar-refractivity contribution < 1.29 is 14.6 Å². The predicted octanol–water partition coefficient (Wildman–Crippen LogP) is 2.16. The van der Waals surface area contributed by atoms with Crippen LogP contribution in [0.25, 0.3) is 10.9 Å². The predicted molar refractivity (Wildman–Crippen MR) is 112 cm³/mol. The van der Waals surface area contributed by atoms with Crippen LogP contribution in [0.5, 0.6) is 5.88 Å². The number of carbonyl (C=O) groups is 1. The van der Waals surface area contributed by atoms with Crippen molar-refractivity contribution in [2.24, 2.45) is 0 Å². The Bertz CT molecular complexity index is 1030. The van der Waals surface area contributed by atoms with E-state index in [9.17, 15) is 4.79 Å². The quantitative estimate of drug-likeness (QED) is 0.525. The number of aromatic nitrogens is 4. The molecular formula is C22H27N5O3. The fourth-order valence-electron chi connectivity index (χ4n) is 3.46. The molecule has 1 fully saturated rings. The van der Waals surface area contributed by atoms with E-state index in [1.165, 1.54) is 6.42 Å². The van der Waals surface area contributed by atoms with Crippen molar-refractivity contribution in [3.8, 4) is 5.88 Å². The molecule has 4 rings (SSSR count). The number of pyridine rings is 2. The van der Waals surface area contributed by atoms with E-state index in [1.54, 1.807) is 6.20 Å². The van der Waals surface area contributed by atoms with Gasteiger partial charge in [-0.15, -0.1) is 0 Å². The van der Waals surface area contributed by atoms with Gasteiger partial charge in [0, 0.05) is 42.7 Å². The lowest BCUT2D eigenvalue weighted by Crippen LogP contribution is -2.26. The number of aryl methyl sites for hydroxylation is 1. The number of fused-ring (bicyclic) bond motifs is 1. The molecule has 8 nitrogen and oxygen atoms in total. The van der Waals surface area contributed by atoms with E-state index >= 15 is 0 Å². The molecule has 8 heteroatoms. The Morgan fingerprint density at radius 2 is 2.23 bits per heavy atom. The molecule has 1 saturated carbocycles. The third kappa shape index (κ3) is 4.76. The average molecular weight is 409 g/mol. The highest BCUT2D eigenvalue weighted by molar-refractivity contribution is 5.86. The Hall–Kier alpha value is -3.00. The van der Waals surface area contributed by atoms with Gasteiger partial charge in [0.25, 0.3) is 0 Å². The van der Waals surface area contributed by atoms with Crippen molar-refractivity contribution in [3.63, 3.8) is 0 Å². The minimum Gasteiger partial charge on any atom is -0.474 e. The van der Waals surface area contributed by atoms with Gasteiger partial charge in [-0.05, 0) is 50.3 Å².